The predicted octanol–water partition coefficient (Wildman–Crippen LogP) is 1.14. The van der Waals surface area contributed by atoms with Gasteiger partial charge in [-0.25, -0.2) is 0 Å². The summed E-state index contributed by atoms with van der Waals surface area (Å²) in [7, 11) is 0. The lowest BCUT2D eigenvalue weighted by Gasteiger charge is -2.20. The first-order valence-electron chi connectivity index (χ1n) is 5.66. The zero-order chi connectivity index (χ0) is 11.6. The summed E-state index contributed by atoms with van der Waals surface area (Å²) in [5, 5.41) is 13.3. The summed E-state index contributed by atoms with van der Waals surface area (Å²) in [4.78, 5) is 0. The fraction of sp³-hybridized carbons (Fsp3) is 0.667. The molecular weight excluding hydrogens is 206 g/mol. The molecule has 1 aliphatic rings. The first kappa shape index (κ1) is 11.6. The molecule has 1 saturated heterocycles. The Morgan fingerprint density at radius 3 is 2.88 bits per heavy atom. The molecule has 0 radical (unpaired) electrons. The molecule has 0 aromatic carbocycles. The van der Waals surface area contributed by atoms with E-state index >= 15 is 0 Å². The van der Waals surface area contributed by atoms with Gasteiger partial charge in [0.05, 0.1) is 6.61 Å². The Balaban J connectivity index is 1.81. The van der Waals surface area contributed by atoms with E-state index in [0.29, 0.717) is 26.2 Å². The lowest BCUT2D eigenvalue weighted by atomic mass is 10.0. The monoisotopic (exact) mass is 225 g/mol. The second kappa shape index (κ2) is 4.57. The van der Waals surface area contributed by atoms with Crippen molar-refractivity contribution in [3.8, 4) is 0 Å². The summed E-state index contributed by atoms with van der Waals surface area (Å²) >= 11 is 0. The zero-order valence-electron chi connectivity index (χ0n) is 9.88. The highest BCUT2D eigenvalue weighted by Crippen LogP contribution is 2.18. The third kappa shape index (κ3) is 2.64. The molecule has 2 rings (SSSR count). The quantitative estimate of drug-likeness (QED) is 0.806. The maximum absolute atomic E-state index is 10.0. The Hall–Kier alpha value is -0.840. The van der Waals surface area contributed by atoms with Crippen molar-refractivity contribution in [2.75, 3.05) is 19.8 Å². The van der Waals surface area contributed by atoms with Gasteiger partial charge in [0.25, 0.3) is 0 Å². The molecule has 1 aliphatic heterocycles. The van der Waals surface area contributed by atoms with Gasteiger partial charge in [-0.1, -0.05) is 0 Å². The molecule has 90 valence electrons. The van der Waals surface area contributed by atoms with E-state index in [2.05, 4.69) is 5.32 Å². The molecule has 0 saturated carbocycles. The summed E-state index contributed by atoms with van der Waals surface area (Å²) in [6.07, 6.45) is 0.712. The molecule has 16 heavy (non-hydrogen) atoms. The molecule has 0 bridgehead atoms. The minimum Gasteiger partial charge on any atom is -0.466 e. The molecule has 2 heterocycles. The van der Waals surface area contributed by atoms with Crippen molar-refractivity contribution in [2.24, 2.45) is 0 Å². The van der Waals surface area contributed by atoms with Crippen LogP contribution in [0.2, 0.25) is 0 Å². The number of aryl methyl sites for hydroxylation is 2. The highest BCUT2D eigenvalue weighted by Gasteiger charge is 2.31. The van der Waals surface area contributed by atoms with Gasteiger partial charge >= 0.3 is 0 Å². The Labute approximate surface area is 95.6 Å². The Morgan fingerprint density at radius 1 is 1.50 bits per heavy atom. The number of aliphatic hydroxyl groups is 1. The number of furan rings is 1. The van der Waals surface area contributed by atoms with Gasteiger partial charge in [-0.3, -0.25) is 0 Å². The summed E-state index contributed by atoms with van der Waals surface area (Å²) in [6.45, 7) is 6.28. The van der Waals surface area contributed by atoms with Crippen LogP contribution in [0, 0.1) is 13.8 Å². The van der Waals surface area contributed by atoms with Crippen molar-refractivity contribution in [3.05, 3.63) is 23.2 Å². The van der Waals surface area contributed by atoms with Gasteiger partial charge in [0.1, 0.15) is 17.1 Å². The third-order valence-corrected chi connectivity index (χ3v) is 3.00. The molecule has 1 unspecified atom stereocenters. The molecule has 2 N–H and O–H groups in total. The lowest BCUT2D eigenvalue weighted by Crippen LogP contribution is -2.40. The van der Waals surface area contributed by atoms with E-state index in [0.717, 1.165) is 23.6 Å². The minimum absolute atomic E-state index is 0.434. The van der Waals surface area contributed by atoms with Gasteiger partial charge in [-0.15, -0.1) is 0 Å². The molecule has 0 amide bonds. The number of ether oxygens (including phenoxy) is 1. The van der Waals surface area contributed by atoms with Gasteiger partial charge in [0.2, 0.25) is 0 Å². The minimum atomic E-state index is -0.688. The van der Waals surface area contributed by atoms with Crippen molar-refractivity contribution < 1.29 is 14.3 Å². The molecule has 4 nitrogen and oxygen atoms in total. The van der Waals surface area contributed by atoms with E-state index in [1.54, 1.807) is 0 Å². The normalized spacial score (nSPS) is 25.2. The first-order valence-corrected chi connectivity index (χ1v) is 5.66. The van der Waals surface area contributed by atoms with Crippen LogP contribution < -0.4 is 5.32 Å². The largest absolute Gasteiger partial charge is 0.466 e. The fourth-order valence-electron chi connectivity index (χ4n) is 2.02. The molecule has 0 aliphatic carbocycles. The summed E-state index contributed by atoms with van der Waals surface area (Å²) in [5.74, 6) is 1.87. The number of rotatable bonds is 4. The fourth-order valence-corrected chi connectivity index (χ4v) is 2.02. The molecular formula is C12H19NO3. The smallest absolute Gasteiger partial charge is 0.105 e. The van der Waals surface area contributed by atoms with Crippen LogP contribution >= 0.6 is 0 Å². The highest BCUT2D eigenvalue weighted by molar-refractivity contribution is 5.19. The SMILES string of the molecule is Cc1cc(CNCC2(O)CCOC2)c(C)o1. The lowest BCUT2D eigenvalue weighted by molar-refractivity contribution is 0.0268. The summed E-state index contributed by atoms with van der Waals surface area (Å²) in [5.41, 5.74) is 0.465. The van der Waals surface area contributed by atoms with Crippen LogP contribution in [0.5, 0.6) is 0 Å². The Bertz CT molecular complexity index is 353. The summed E-state index contributed by atoms with van der Waals surface area (Å²) in [6, 6.07) is 2.03. The third-order valence-electron chi connectivity index (χ3n) is 3.00. The van der Waals surface area contributed by atoms with Crippen LogP contribution in [0.1, 0.15) is 23.5 Å². The second-order valence-corrected chi connectivity index (χ2v) is 4.57. The van der Waals surface area contributed by atoms with Gasteiger partial charge < -0.3 is 19.6 Å². The maximum atomic E-state index is 10.0. The molecule has 1 aromatic rings. The van der Waals surface area contributed by atoms with Crippen LogP contribution in [0.3, 0.4) is 0 Å². The van der Waals surface area contributed by atoms with Crippen LogP contribution in [0.15, 0.2) is 10.5 Å². The van der Waals surface area contributed by atoms with Gasteiger partial charge in [0, 0.05) is 31.7 Å². The average Bonchev–Trinajstić information content (AvgIpc) is 2.75. The van der Waals surface area contributed by atoms with E-state index in [1.807, 2.05) is 19.9 Å². The van der Waals surface area contributed by atoms with Crippen molar-refractivity contribution >= 4 is 0 Å². The highest BCUT2D eigenvalue weighted by atomic mass is 16.5. The van der Waals surface area contributed by atoms with Crippen molar-refractivity contribution in [1.82, 2.24) is 5.32 Å². The van der Waals surface area contributed by atoms with E-state index in [1.165, 1.54) is 0 Å². The first-order chi connectivity index (χ1) is 7.59. The van der Waals surface area contributed by atoms with Gasteiger partial charge in [-0.05, 0) is 19.9 Å². The molecule has 1 aromatic heterocycles. The van der Waals surface area contributed by atoms with Crippen LogP contribution in [0.4, 0.5) is 0 Å². The van der Waals surface area contributed by atoms with Crippen molar-refractivity contribution in [1.29, 1.82) is 0 Å². The molecule has 1 fully saturated rings. The van der Waals surface area contributed by atoms with E-state index in [4.69, 9.17) is 9.15 Å². The number of hydrogen-bond acceptors (Lipinski definition) is 4. The van der Waals surface area contributed by atoms with Crippen LogP contribution in [0.25, 0.3) is 0 Å². The maximum Gasteiger partial charge on any atom is 0.105 e. The predicted molar refractivity (Wildman–Crippen MR) is 60.3 cm³/mol. The Kier molecular flexibility index (Phi) is 3.33. The Morgan fingerprint density at radius 2 is 2.31 bits per heavy atom. The standard InChI is InChI=1S/C12H19NO3/c1-9-5-11(10(2)16-9)6-13-7-12(14)3-4-15-8-12/h5,13-14H,3-4,6-8H2,1-2H3. The van der Waals surface area contributed by atoms with Gasteiger partial charge in [0.15, 0.2) is 0 Å². The topological polar surface area (TPSA) is 54.6 Å². The molecule has 4 heteroatoms. The van der Waals surface area contributed by atoms with E-state index in [-0.39, 0.29) is 0 Å². The molecule has 1 atom stereocenters. The van der Waals surface area contributed by atoms with E-state index in [9.17, 15) is 5.11 Å². The van der Waals surface area contributed by atoms with Crippen LogP contribution in [-0.4, -0.2) is 30.5 Å². The average molecular weight is 225 g/mol. The summed E-state index contributed by atoms with van der Waals surface area (Å²) < 4.78 is 10.6. The van der Waals surface area contributed by atoms with E-state index < -0.39 is 5.60 Å². The van der Waals surface area contributed by atoms with Crippen molar-refractivity contribution in [3.63, 3.8) is 0 Å². The van der Waals surface area contributed by atoms with Crippen LogP contribution in [-0.2, 0) is 11.3 Å². The second-order valence-electron chi connectivity index (χ2n) is 4.57. The molecule has 0 spiro atoms. The van der Waals surface area contributed by atoms with Gasteiger partial charge in [-0.2, -0.15) is 0 Å². The van der Waals surface area contributed by atoms with Crippen molar-refractivity contribution in [2.45, 2.75) is 32.4 Å². The number of hydrogen-bond donors (Lipinski definition) is 2. The number of nitrogens with one attached hydrogen (secondary N) is 1. The zero-order valence-corrected chi connectivity index (χ0v) is 9.88.